The maximum Gasteiger partial charge on any atom is 0.276 e. The van der Waals surface area contributed by atoms with Gasteiger partial charge in [0.2, 0.25) is 0 Å². The number of hydrogen-bond acceptors (Lipinski definition) is 5. The van der Waals surface area contributed by atoms with Gasteiger partial charge in [-0.25, -0.2) is 4.68 Å². The first-order valence-electron chi connectivity index (χ1n) is 10.9. The van der Waals surface area contributed by atoms with Crippen LogP contribution in [0.1, 0.15) is 72.0 Å². The SMILES string of the molecule is CCN(CC)C(=O)c1cn(C2CCC23CCN(C(=O)c2cnccc2C)CC3)nn1. The monoisotopic (exact) mass is 410 g/mol. The molecule has 0 radical (unpaired) electrons. The number of rotatable bonds is 5. The molecule has 1 saturated heterocycles. The first kappa shape index (κ1) is 20.5. The number of aromatic nitrogens is 4. The van der Waals surface area contributed by atoms with Gasteiger partial charge in [-0.15, -0.1) is 5.10 Å². The van der Waals surface area contributed by atoms with Gasteiger partial charge in [-0.2, -0.15) is 0 Å². The fraction of sp³-hybridized carbons (Fsp3) is 0.591. The number of carbonyl (C=O) groups is 2. The summed E-state index contributed by atoms with van der Waals surface area (Å²) in [7, 11) is 0. The van der Waals surface area contributed by atoms with Gasteiger partial charge in [-0.05, 0) is 63.5 Å². The van der Waals surface area contributed by atoms with Crippen molar-refractivity contribution in [1.29, 1.82) is 0 Å². The fourth-order valence-electron chi connectivity index (χ4n) is 4.89. The third-order valence-corrected chi connectivity index (χ3v) is 7.04. The van der Waals surface area contributed by atoms with Gasteiger partial charge < -0.3 is 9.80 Å². The summed E-state index contributed by atoms with van der Waals surface area (Å²) < 4.78 is 1.89. The highest BCUT2D eigenvalue weighted by Crippen LogP contribution is 2.56. The van der Waals surface area contributed by atoms with Crippen LogP contribution in [0.5, 0.6) is 0 Å². The predicted octanol–water partition coefficient (Wildman–Crippen LogP) is 2.72. The smallest absolute Gasteiger partial charge is 0.276 e. The molecule has 2 fully saturated rings. The van der Waals surface area contributed by atoms with Crippen molar-refractivity contribution in [2.75, 3.05) is 26.2 Å². The van der Waals surface area contributed by atoms with Crippen LogP contribution in [-0.4, -0.2) is 67.8 Å². The first-order chi connectivity index (χ1) is 14.5. The Morgan fingerprint density at radius 1 is 1.20 bits per heavy atom. The van der Waals surface area contributed by atoms with E-state index in [0.29, 0.717) is 24.3 Å². The molecule has 0 N–H and O–H groups in total. The highest BCUT2D eigenvalue weighted by atomic mass is 16.2. The van der Waals surface area contributed by atoms with E-state index in [4.69, 9.17) is 0 Å². The summed E-state index contributed by atoms with van der Waals surface area (Å²) in [6.07, 6.45) is 9.25. The normalized spacial score (nSPS) is 20.1. The zero-order valence-electron chi connectivity index (χ0n) is 18.0. The Labute approximate surface area is 177 Å². The van der Waals surface area contributed by atoms with Crippen LogP contribution < -0.4 is 0 Å². The van der Waals surface area contributed by atoms with Crippen molar-refractivity contribution in [3.05, 3.63) is 41.5 Å². The van der Waals surface area contributed by atoms with Crippen LogP contribution in [0.4, 0.5) is 0 Å². The van der Waals surface area contributed by atoms with E-state index in [-0.39, 0.29) is 23.3 Å². The molecule has 1 aliphatic carbocycles. The summed E-state index contributed by atoms with van der Waals surface area (Å²) in [6.45, 7) is 8.69. The molecule has 160 valence electrons. The van der Waals surface area contributed by atoms with Crippen molar-refractivity contribution < 1.29 is 9.59 Å². The Bertz CT molecular complexity index is 927. The largest absolute Gasteiger partial charge is 0.339 e. The number of nitrogens with zero attached hydrogens (tertiary/aromatic N) is 6. The third-order valence-electron chi connectivity index (χ3n) is 7.04. The van der Waals surface area contributed by atoms with E-state index in [1.54, 1.807) is 17.3 Å². The summed E-state index contributed by atoms with van der Waals surface area (Å²) in [4.78, 5) is 33.3. The van der Waals surface area contributed by atoms with Gasteiger partial charge in [-0.1, -0.05) is 5.21 Å². The number of amides is 2. The van der Waals surface area contributed by atoms with Crippen LogP contribution in [0.2, 0.25) is 0 Å². The molecule has 0 bridgehead atoms. The molecule has 1 saturated carbocycles. The van der Waals surface area contributed by atoms with E-state index in [2.05, 4.69) is 15.3 Å². The van der Waals surface area contributed by atoms with E-state index in [1.807, 2.05) is 42.6 Å². The summed E-state index contributed by atoms with van der Waals surface area (Å²) >= 11 is 0. The molecule has 1 spiro atoms. The fourth-order valence-corrected chi connectivity index (χ4v) is 4.89. The highest BCUT2D eigenvalue weighted by Gasteiger charge is 2.50. The average Bonchev–Trinajstić information content (AvgIpc) is 3.23. The molecule has 8 heteroatoms. The topological polar surface area (TPSA) is 84.2 Å². The zero-order valence-corrected chi connectivity index (χ0v) is 18.0. The van der Waals surface area contributed by atoms with Crippen LogP contribution in [0.3, 0.4) is 0 Å². The molecule has 1 unspecified atom stereocenters. The van der Waals surface area contributed by atoms with Crippen molar-refractivity contribution in [2.45, 2.75) is 52.5 Å². The van der Waals surface area contributed by atoms with E-state index >= 15 is 0 Å². The molecule has 4 rings (SSSR count). The number of carbonyl (C=O) groups excluding carboxylic acids is 2. The van der Waals surface area contributed by atoms with Crippen LogP contribution in [-0.2, 0) is 0 Å². The van der Waals surface area contributed by atoms with E-state index in [1.165, 1.54) is 0 Å². The second-order valence-electron chi connectivity index (χ2n) is 8.46. The lowest BCUT2D eigenvalue weighted by atomic mass is 9.59. The lowest BCUT2D eigenvalue weighted by Gasteiger charge is -2.53. The van der Waals surface area contributed by atoms with E-state index in [0.717, 1.165) is 44.3 Å². The molecule has 1 aliphatic heterocycles. The molecule has 0 aromatic carbocycles. The molecule has 1 atom stereocenters. The van der Waals surface area contributed by atoms with Gasteiger partial charge in [-0.3, -0.25) is 14.6 Å². The van der Waals surface area contributed by atoms with Gasteiger partial charge in [0.05, 0.1) is 17.8 Å². The Balaban J connectivity index is 1.42. The quantitative estimate of drug-likeness (QED) is 0.757. The molecule has 30 heavy (non-hydrogen) atoms. The minimum absolute atomic E-state index is 0.0631. The van der Waals surface area contributed by atoms with Crippen LogP contribution in [0.15, 0.2) is 24.7 Å². The first-order valence-corrected chi connectivity index (χ1v) is 10.9. The van der Waals surface area contributed by atoms with Crippen LogP contribution in [0, 0.1) is 12.3 Å². The maximum absolute atomic E-state index is 12.9. The summed E-state index contributed by atoms with van der Waals surface area (Å²) in [5.74, 6) is 0.00562. The Hall–Kier alpha value is -2.77. The van der Waals surface area contributed by atoms with Crippen LogP contribution >= 0.6 is 0 Å². The number of hydrogen-bond donors (Lipinski definition) is 0. The number of pyridine rings is 1. The molecule has 3 heterocycles. The van der Waals surface area contributed by atoms with Crippen molar-refractivity contribution >= 4 is 11.8 Å². The molecular formula is C22H30N6O2. The van der Waals surface area contributed by atoms with Crippen molar-refractivity contribution in [3.8, 4) is 0 Å². The second kappa shape index (κ2) is 8.16. The Kier molecular flexibility index (Phi) is 5.58. The Morgan fingerprint density at radius 3 is 2.53 bits per heavy atom. The molecular weight excluding hydrogens is 380 g/mol. The zero-order chi connectivity index (χ0) is 21.3. The number of aryl methyl sites for hydroxylation is 1. The lowest BCUT2D eigenvalue weighted by molar-refractivity contribution is -0.0268. The van der Waals surface area contributed by atoms with Crippen molar-refractivity contribution in [1.82, 2.24) is 29.8 Å². The van der Waals surface area contributed by atoms with Gasteiger partial charge in [0.1, 0.15) is 0 Å². The summed E-state index contributed by atoms with van der Waals surface area (Å²) in [6, 6.07) is 2.13. The number of piperidine rings is 1. The number of likely N-dealkylation sites (tertiary alicyclic amines) is 1. The summed E-state index contributed by atoms with van der Waals surface area (Å²) in [5.41, 5.74) is 2.21. The molecule has 2 aliphatic rings. The second-order valence-corrected chi connectivity index (χ2v) is 8.46. The predicted molar refractivity (Wildman–Crippen MR) is 112 cm³/mol. The Morgan fingerprint density at radius 2 is 1.93 bits per heavy atom. The highest BCUT2D eigenvalue weighted by molar-refractivity contribution is 5.95. The minimum Gasteiger partial charge on any atom is -0.339 e. The molecule has 2 aromatic heterocycles. The van der Waals surface area contributed by atoms with Gasteiger partial charge in [0.15, 0.2) is 5.69 Å². The van der Waals surface area contributed by atoms with Crippen molar-refractivity contribution in [2.24, 2.45) is 5.41 Å². The van der Waals surface area contributed by atoms with Crippen molar-refractivity contribution in [3.63, 3.8) is 0 Å². The minimum atomic E-state index is -0.0631. The lowest BCUT2D eigenvalue weighted by Crippen LogP contribution is -2.51. The molecule has 8 nitrogen and oxygen atoms in total. The standard InChI is InChI=1S/C22H30N6O2/c1-4-26(5-2)21(30)18-15-28(25-24-18)19-6-8-22(19)9-12-27(13-10-22)20(29)17-14-23-11-7-16(17)3/h7,11,14-15,19H,4-6,8-10,12-13H2,1-3H3. The van der Waals surface area contributed by atoms with E-state index < -0.39 is 0 Å². The van der Waals surface area contributed by atoms with Gasteiger partial charge in [0, 0.05) is 38.6 Å². The molecule has 2 aromatic rings. The van der Waals surface area contributed by atoms with Crippen LogP contribution in [0.25, 0.3) is 0 Å². The van der Waals surface area contributed by atoms with Gasteiger partial charge >= 0.3 is 0 Å². The average molecular weight is 411 g/mol. The van der Waals surface area contributed by atoms with E-state index in [9.17, 15) is 9.59 Å². The summed E-state index contributed by atoms with van der Waals surface area (Å²) in [5, 5.41) is 8.46. The maximum atomic E-state index is 12.9. The molecule has 2 amide bonds. The third kappa shape index (κ3) is 3.48. The van der Waals surface area contributed by atoms with Gasteiger partial charge in [0.25, 0.3) is 11.8 Å².